The van der Waals surface area contributed by atoms with Gasteiger partial charge >= 0.3 is 0 Å². The first-order valence-corrected chi connectivity index (χ1v) is 7.12. The maximum Gasteiger partial charge on any atom is 0.258 e. The van der Waals surface area contributed by atoms with Crippen LogP contribution in [0.25, 0.3) is 0 Å². The van der Waals surface area contributed by atoms with Crippen LogP contribution < -0.4 is 4.90 Å². The summed E-state index contributed by atoms with van der Waals surface area (Å²) in [5.74, 6) is -0.118. The molecule has 2 aromatic carbocycles. The number of carbonyl (C=O) groups is 1. The fourth-order valence-corrected chi connectivity index (χ4v) is 3.64. The summed E-state index contributed by atoms with van der Waals surface area (Å²) < 4.78 is 0. The van der Waals surface area contributed by atoms with Crippen molar-refractivity contribution in [1.82, 2.24) is 0 Å². The molecule has 21 heavy (non-hydrogen) atoms. The number of anilines is 1. The molecular formula is C18H15NO2. The number of hydrogen-bond donors (Lipinski definition) is 1. The molecule has 1 fully saturated rings. The van der Waals surface area contributed by atoms with Gasteiger partial charge in [-0.05, 0) is 29.7 Å². The Morgan fingerprint density at radius 1 is 1.05 bits per heavy atom. The Hall–Kier alpha value is -2.55. The van der Waals surface area contributed by atoms with E-state index in [9.17, 15) is 9.90 Å². The number of hydrogen-bond acceptors (Lipinski definition) is 2. The lowest BCUT2D eigenvalue weighted by molar-refractivity contribution is -0.114. The molecule has 104 valence electrons. The normalized spacial score (nSPS) is 25.2. The Labute approximate surface area is 123 Å². The number of fused-ring (bicyclic) bond motifs is 3. The van der Waals surface area contributed by atoms with E-state index in [-0.39, 0.29) is 17.9 Å². The average Bonchev–Trinajstić information content (AvgIpc) is 3.01. The minimum atomic E-state index is -0.0896. The molecule has 1 aliphatic carbocycles. The molecule has 2 unspecified atom stereocenters. The van der Waals surface area contributed by atoms with Crippen LogP contribution in [0.1, 0.15) is 17.0 Å². The van der Waals surface area contributed by atoms with Crippen molar-refractivity contribution in [1.29, 1.82) is 0 Å². The van der Waals surface area contributed by atoms with Crippen molar-refractivity contribution in [2.45, 2.75) is 18.4 Å². The highest BCUT2D eigenvalue weighted by molar-refractivity contribution is 6.10. The topological polar surface area (TPSA) is 40.5 Å². The van der Waals surface area contributed by atoms with Crippen molar-refractivity contribution < 1.29 is 9.90 Å². The minimum absolute atomic E-state index is 0.0288. The van der Waals surface area contributed by atoms with Gasteiger partial charge in [-0.15, -0.1) is 0 Å². The van der Waals surface area contributed by atoms with Crippen molar-refractivity contribution in [2.24, 2.45) is 0 Å². The quantitative estimate of drug-likeness (QED) is 0.642. The van der Waals surface area contributed by atoms with Gasteiger partial charge in [-0.25, -0.2) is 0 Å². The summed E-state index contributed by atoms with van der Waals surface area (Å²) in [6, 6.07) is 17.9. The highest BCUT2D eigenvalue weighted by Gasteiger charge is 2.49. The second-order valence-corrected chi connectivity index (χ2v) is 5.54. The second kappa shape index (κ2) is 4.48. The fourth-order valence-electron chi connectivity index (χ4n) is 3.64. The molecule has 2 atom stereocenters. The first kappa shape index (κ1) is 12.2. The summed E-state index contributed by atoms with van der Waals surface area (Å²) in [4.78, 5) is 14.5. The van der Waals surface area contributed by atoms with Gasteiger partial charge in [0.2, 0.25) is 0 Å². The van der Waals surface area contributed by atoms with Crippen LogP contribution in [0.15, 0.2) is 66.4 Å². The van der Waals surface area contributed by atoms with E-state index in [1.807, 2.05) is 47.4 Å². The molecule has 0 saturated carbocycles. The number of aliphatic hydroxyl groups is 1. The van der Waals surface area contributed by atoms with Gasteiger partial charge in [0.1, 0.15) is 0 Å². The average molecular weight is 277 g/mol. The van der Waals surface area contributed by atoms with Gasteiger partial charge in [0.15, 0.2) is 0 Å². The molecule has 4 rings (SSSR count). The molecule has 1 aliphatic heterocycles. The third-order valence-electron chi connectivity index (χ3n) is 4.51. The molecule has 0 bridgehead atoms. The fraction of sp³-hybridized carbons (Fsp3) is 0.167. The van der Waals surface area contributed by atoms with Crippen LogP contribution in [-0.4, -0.2) is 17.1 Å². The Balaban J connectivity index is 1.85. The van der Waals surface area contributed by atoms with E-state index in [2.05, 4.69) is 12.1 Å². The zero-order valence-electron chi connectivity index (χ0n) is 11.4. The Kier molecular flexibility index (Phi) is 2.61. The van der Waals surface area contributed by atoms with E-state index in [1.54, 1.807) is 0 Å². The van der Waals surface area contributed by atoms with Crippen LogP contribution in [0.2, 0.25) is 0 Å². The van der Waals surface area contributed by atoms with Gasteiger partial charge < -0.3 is 10.0 Å². The minimum Gasteiger partial charge on any atom is -0.515 e. The second-order valence-electron chi connectivity index (χ2n) is 5.54. The summed E-state index contributed by atoms with van der Waals surface area (Å²) in [6.45, 7) is 0. The van der Waals surface area contributed by atoms with E-state index >= 15 is 0 Å². The molecule has 1 N–H and O–H groups in total. The molecular weight excluding hydrogens is 262 g/mol. The lowest BCUT2D eigenvalue weighted by atomic mass is 9.94. The summed E-state index contributed by atoms with van der Waals surface area (Å²) in [6.07, 6.45) is 1.82. The summed E-state index contributed by atoms with van der Waals surface area (Å²) >= 11 is 0. The third-order valence-corrected chi connectivity index (χ3v) is 4.51. The molecule has 2 aliphatic rings. The van der Waals surface area contributed by atoms with Crippen molar-refractivity contribution in [2.75, 3.05) is 4.90 Å². The molecule has 0 aromatic heterocycles. The number of para-hydroxylation sites is 1. The predicted molar refractivity (Wildman–Crippen MR) is 81.3 cm³/mol. The predicted octanol–water partition coefficient (Wildman–Crippen LogP) is 3.18. The molecule has 2 aromatic rings. The largest absolute Gasteiger partial charge is 0.515 e. The zero-order chi connectivity index (χ0) is 14.4. The summed E-state index contributed by atoms with van der Waals surface area (Å²) in [7, 11) is 0. The summed E-state index contributed by atoms with van der Waals surface area (Å²) in [5, 5.41) is 9.56. The van der Waals surface area contributed by atoms with E-state index < -0.39 is 0 Å². The van der Waals surface area contributed by atoms with Crippen LogP contribution in [0.4, 0.5) is 5.69 Å². The summed E-state index contributed by atoms with van der Waals surface area (Å²) in [5.41, 5.74) is 3.81. The van der Waals surface area contributed by atoms with Crippen molar-refractivity contribution in [3.63, 3.8) is 0 Å². The number of amides is 1. The molecule has 3 heteroatoms. The Morgan fingerprint density at radius 2 is 1.76 bits per heavy atom. The van der Waals surface area contributed by atoms with Crippen LogP contribution in [0.3, 0.4) is 0 Å². The van der Waals surface area contributed by atoms with Crippen LogP contribution in [0.5, 0.6) is 0 Å². The van der Waals surface area contributed by atoms with Crippen molar-refractivity contribution in [3.8, 4) is 0 Å². The molecule has 3 nitrogen and oxygen atoms in total. The van der Waals surface area contributed by atoms with Gasteiger partial charge in [-0.2, -0.15) is 0 Å². The van der Waals surface area contributed by atoms with Crippen molar-refractivity contribution >= 4 is 11.6 Å². The molecule has 1 heterocycles. The number of aliphatic hydroxyl groups excluding tert-OH is 1. The van der Waals surface area contributed by atoms with E-state index in [4.69, 9.17) is 0 Å². The highest BCUT2D eigenvalue weighted by atomic mass is 16.2. The van der Waals surface area contributed by atoms with Crippen LogP contribution >= 0.6 is 0 Å². The molecule has 0 radical (unpaired) electrons. The van der Waals surface area contributed by atoms with E-state index in [0.29, 0.717) is 5.57 Å². The SMILES string of the molecule is O=C1C(=CO)C2c3ccccc3CC2N1c1ccccc1. The smallest absolute Gasteiger partial charge is 0.258 e. The lowest BCUT2D eigenvalue weighted by Crippen LogP contribution is -2.34. The standard InChI is InChI=1S/C18H15NO2/c20-11-15-17-14-9-5-4-6-12(14)10-16(17)19(18(15)21)13-7-2-1-3-8-13/h1-9,11,16-17,20H,10H2. The molecule has 1 amide bonds. The Bertz CT molecular complexity index is 736. The number of benzene rings is 2. The van der Waals surface area contributed by atoms with Gasteiger partial charge in [0, 0.05) is 11.6 Å². The maximum absolute atomic E-state index is 12.7. The molecule has 0 spiro atoms. The van der Waals surface area contributed by atoms with Crippen LogP contribution in [0, 0.1) is 0 Å². The number of nitrogens with zero attached hydrogens (tertiary/aromatic N) is 1. The van der Waals surface area contributed by atoms with Crippen LogP contribution in [-0.2, 0) is 11.2 Å². The lowest BCUT2D eigenvalue weighted by Gasteiger charge is -2.23. The third kappa shape index (κ3) is 1.64. The molecule has 1 saturated heterocycles. The zero-order valence-corrected chi connectivity index (χ0v) is 11.4. The monoisotopic (exact) mass is 277 g/mol. The van der Waals surface area contributed by atoms with Gasteiger partial charge in [0.05, 0.1) is 17.9 Å². The first-order chi connectivity index (χ1) is 10.3. The number of rotatable bonds is 1. The Morgan fingerprint density at radius 3 is 2.52 bits per heavy atom. The van der Waals surface area contributed by atoms with Gasteiger partial charge in [-0.3, -0.25) is 4.79 Å². The van der Waals surface area contributed by atoms with Crippen molar-refractivity contribution in [3.05, 3.63) is 77.6 Å². The maximum atomic E-state index is 12.7. The highest BCUT2D eigenvalue weighted by Crippen LogP contribution is 2.47. The number of carbonyl (C=O) groups excluding carboxylic acids is 1. The van der Waals surface area contributed by atoms with E-state index in [0.717, 1.165) is 23.9 Å². The van der Waals surface area contributed by atoms with Gasteiger partial charge in [-0.1, -0.05) is 42.5 Å². The first-order valence-electron chi connectivity index (χ1n) is 7.12. The van der Waals surface area contributed by atoms with Gasteiger partial charge in [0.25, 0.3) is 5.91 Å². The van der Waals surface area contributed by atoms with E-state index in [1.165, 1.54) is 5.56 Å².